The molecule has 6 heteroatoms. The van der Waals surface area contributed by atoms with Gasteiger partial charge in [-0.2, -0.15) is 0 Å². The van der Waals surface area contributed by atoms with Crippen LogP contribution in [-0.4, -0.2) is 18.2 Å². The molecular formula is C15H15IN2O3. The van der Waals surface area contributed by atoms with Crippen molar-refractivity contribution in [3.63, 3.8) is 0 Å². The third-order valence-corrected chi connectivity index (χ3v) is 3.77. The highest BCUT2D eigenvalue weighted by atomic mass is 127. The lowest BCUT2D eigenvalue weighted by Crippen LogP contribution is -2.15. The van der Waals surface area contributed by atoms with Gasteiger partial charge in [0.15, 0.2) is 17.3 Å². The molecule has 0 spiro atoms. The van der Waals surface area contributed by atoms with Crippen LogP contribution < -0.4 is 15.2 Å². The van der Waals surface area contributed by atoms with Crippen LogP contribution in [0.5, 0.6) is 11.5 Å². The van der Waals surface area contributed by atoms with E-state index in [2.05, 4.69) is 27.7 Å². The zero-order valence-electron chi connectivity index (χ0n) is 11.4. The van der Waals surface area contributed by atoms with Gasteiger partial charge in [0, 0.05) is 9.13 Å². The molecule has 0 fully saturated rings. The second-order valence-electron chi connectivity index (χ2n) is 4.24. The first kappa shape index (κ1) is 15.4. The molecule has 0 unspecified atom stereocenters. The average molecular weight is 398 g/mol. The second-order valence-corrected chi connectivity index (χ2v) is 5.40. The number of nitrogens with two attached hydrogens (primary N) is 1. The van der Waals surface area contributed by atoms with Gasteiger partial charge in [0.2, 0.25) is 0 Å². The van der Waals surface area contributed by atoms with Crippen LogP contribution in [0.1, 0.15) is 11.1 Å². The van der Waals surface area contributed by atoms with Gasteiger partial charge in [-0.05, 0) is 40.3 Å². The Bertz CT molecular complexity index is 645. The third-order valence-electron chi connectivity index (χ3n) is 2.87. The summed E-state index contributed by atoms with van der Waals surface area (Å²) in [6.45, 7) is 0.410. The SMILES string of the molecule is COc1cc(I)c(/C(N)=N/O)cc1OCc1ccccc1. The van der Waals surface area contributed by atoms with Gasteiger partial charge in [0.1, 0.15) is 6.61 Å². The van der Waals surface area contributed by atoms with E-state index in [1.807, 2.05) is 30.3 Å². The van der Waals surface area contributed by atoms with E-state index in [9.17, 15) is 0 Å². The second kappa shape index (κ2) is 7.16. The Morgan fingerprint density at radius 1 is 1.24 bits per heavy atom. The van der Waals surface area contributed by atoms with Gasteiger partial charge in [-0.3, -0.25) is 0 Å². The van der Waals surface area contributed by atoms with Gasteiger partial charge in [0.25, 0.3) is 0 Å². The van der Waals surface area contributed by atoms with Crippen molar-refractivity contribution in [1.29, 1.82) is 0 Å². The molecular weight excluding hydrogens is 383 g/mol. The maximum atomic E-state index is 8.83. The minimum Gasteiger partial charge on any atom is -0.493 e. The number of hydrogen-bond donors (Lipinski definition) is 2. The molecule has 21 heavy (non-hydrogen) atoms. The molecule has 2 rings (SSSR count). The monoisotopic (exact) mass is 398 g/mol. The Hall–Kier alpha value is -1.96. The minimum atomic E-state index is 0.0339. The van der Waals surface area contributed by atoms with Crippen LogP contribution in [0.2, 0.25) is 0 Å². The standard InChI is InChI=1S/C15H15IN2O3/c1-20-13-8-12(16)11(15(17)18-19)7-14(13)21-9-10-5-3-2-4-6-10/h2-8,19H,9H2,1H3,(H2,17,18). The highest BCUT2D eigenvalue weighted by molar-refractivity contribution is 14.1. The first-order valence-corrected chi connectivity index (χ1v) is 7.25. The third kappa shape index (κ3) is 3.78. The van der Waals surface area contributed by atoms with Crippen LogP contribution in [0.4, 0.5) is 0 Å². The normalized spacial score (nSPS) is 11.2. The highest BCUT2D eigenvalue weighted by Gasteiger charge is 2.13. The van der Waals surface area contributed by atoms with Crippen LogP contribution in [0.25, 0.3) is 0 Å². The lowest BCUT2D eigenvalue weighted by atomic mass is 10.2. The molecule has 3 N–H and O–H groups in total. The van der Waals surface area contributed by atoms with Crippen LogP contribution in [0.3, 0.4) is 0 Å². The number of benzene rings is 2. The summed E-state index contributed by atoms with van der Waals surface area (Å²) < 4.78 is 11.9. The predicted molar refractivity (Wildman–Crippen MR) is 89.0 cm³/mol. The molecule has 0 amide bonds. The Morgan fingerprint density at radius 3 is 2.57 bits per heavy atom. The molecule has 0 aromatic heterocycles. The van der Waals surface area contributed by atoms with Gasteiger partial charge in [0.05, 0.1) is 7.11 Å². The van der Waals surface area contributed by atoms with Gasteiger partial charge in [-0.1, -0.05) is 35.5 Å². The molecule has 0 bridgehead atoms. The van der Waals surface area contributed by atoms with Crippen molar-refractivity contribution in [2.24, 2.45) is 10.9 Å². The average Bonchev–Trinajstić information content (AvgIpc) is 2.53. The Kier molecular flexibility index (Phi) is 5.26. The summed E-state index contributed by atoms with van der Waals surface area (Å²) in [5, 5.41) is 11.9. The molecule has 0 heterocycles. The van der Waals surface area contributed by atoms with E-state index < -0.39 is 0 Å². The van der Waals surface area contributed by atoms with E-state index >= 15 is 0 Å². The van der Waals surface area contributed by atoms with Gasteiger partial charge < -0.3 is 20.4 Å². The Labute approximate surface area is 136 Å². The lowest BCUT2D eigenvalue weighted by Gasteiger charge is -2.13. The van der Waals surface area contributed by atoms with E-state index in [1.54, 1.807) is 19.2 Å². The summed E-state index contributed by atoms with van der Waals surface area (Å²) in [5.74, 6) is 1.18. The van der Waals surface area contributed by atoms with Crippen molar-refractivity contribution in [3.8, 4) is 11.5 Å². The molecule has 0 radical (unpaired) electrons. The fourth-order valence-corrected chi connectivity index (χ4v) is 2.51. The highest BCUT2D eigenvalue weighted by Crippen LogP contribution is 2.32. The molecule has 0 aliphatic carbocycles. The van der Waals surface area contributed by atoms with Crippen molar-refractivity contribution >= 4 is 28.4 Å². The molecule has 2 aromatic rings. The quantitative estimate of drug-likeness (QED) is 0.267. The van der Waals surface area contributed by atoms with Gasteiger partial charge in [-0.25, -0.2) is 0 Å². The minimum absolute atomic E-state index is 0.0339. The fourth-order valence-electron chi connectivity index (χ4n) is 1.79. The summed E-state index contributed by atoms with van der Waals surface area (Å²) >= 11 is 2.10. The predicted octanol–water partition coefficient (Wildman–Crippen LogP) is 2.97. The number of nitrogens with zero attached hydrogens (tertiary/aromatic N) is 1. The summed E-state index contributed by atoms with van der Waals surface area (Å²) in [6.07, 6.45) is 0. The number of ether oxygens (including phenoxy) is 2. The number of hydrogen-bond acceptors (Lipinski definition) is 4. The summed E-state index contributed by atoms with van der Waals surface area (Å²) in [5.41, 5.74) is 7.31. The Morgan fingerprint density at radius 2 is 1.95 bits per heavy atom. The number of amidine groups is 1. The van der Waals surface area contributed by atoms with E-state index in [4.69, 9.17) is 20.4 Å². The molecule has 0 saturated carbocycles. The zero-order chi connectivity index (χ0) is 15.2. The fraction of sp³-hybridized carbons (Fsp3) is 0.133. The molecule has 0 saturated heterocycles. The van der Waals surface area contributed by atoms with E-state index in [-0.39, 0.29) is 5.84 Å². The lowest BCUT2D eigenvalue weighted by molar-refractivity contribution is 0.284. The first-order valence-electron chi connectivity index (χ1n) is 6.18. The van der Waals surface area contributed by atoms with Crippen molar-refractivity contribution < 1.29 is 14.7 Å². The summed E-state index contributed by atoms with van der Waals surface area (Å²) in [4.78, 5) is 0. The summed E-state index contributed by atoms with van der Waals surface area (Å²) in [7, 11) is 1.57. The number of halogens is 1. The topological polar surface area (TPSA) is 77.1 Å². The molecule has 5 nitrogen and oxygen atoms in total. The maximum Gasteiger partial charge on any atom is 0.171 e. The number of rotatable bonds is 5. The first-order chi connectivity index (χ1) is 10.2. The zero-order valence-corrected chi connectivity index (χ0v) is 13.6. The maximum absolute atomic E-state index is 8.83. The molecule has 0 atom stereocenters. The molecule has 2 aromatic carbocycles. The van der Waals surface area contributed by atoms with Crippen molar-refractivity contribution in [3.05, 3.63) is 57.2 Å². The van der Waals surface area contributed by atoms with Crippen molar-refractivity contribution in [2.75, 3.05) is 7.11 Å². The van der Waals surface area contributed by atoms with Crippen LogP contribution in [0.15, 0.2) is 47.6 Å². The van der Waals surface area contributed by atoms with Crippen LogP contribution in [0, 0.1) is 3.57 Å². The van der Waals surface area contributed by atoms with Gasteiger partial charge >= 0.3 is 0 Å². The van der Waals surface area contributed by atoms with Crippen LogP contribution in [-0.2, 0) is 6.61 Å². The molecule has 0 aliphatic heterocycles. The number of oxime groups is 1. The van der Waals surface area contributed by atoms with E-state index in [1.165, 1.54) is 0 Å². The molecule has 0 aliphatic rings. The Balaban J connectivity index is 2.28. The molecule has 110 valence electrons. The van der Waals surface area contributed by atoms with Crippen molar-refractivity contribution in [1.82, 2.24) is 0 Å². The largest absolute Gasteiger partial charge is 0.493 e. The van der Waals surface area contributed by atoms with E-state index in [0.717, 1.165) is 9.13 Å². The van der Waals surface area contributed by atoms with Crippen molar-refractivity contribution in [2.45, 2.75) is 6.61 Å². The summed E-state index contributed by atoms with van der Waals surface area (Å²) in [6, 6.07) is 13.3. The number of methoxy groups -OCH3 is 1. The van der Waals surface area contributed by atoms with Gasteiger partial charge in [-0.15, -0.1) is 0 Å². The van der Waals surface area contributed by atoms with Crippen LogP contribution >= 0.6 is 22.6 Å². The van der Waals surface area contributed by atoms with E-state index in [0.29, 0.717) is 23.7 Å². The smallest absolute Gasteiger partial charge is 0.171 e.